The predicted molar refractivity (Wildman–Crippen MR) is 78.9 cm³/mol. The van der Waals surface area contributed by atoms with E-state index in [-0.39, 0.29) is 11.3 Å². The van der Waals surface area contributed by atoms with Crippen molar-refractivity contribution in [1.82, 2.24) is 4.31 Å². The molecule has 0 amide bonds. The molecule has 2 heterocycles. The topological polar surface area (TPSA) is 37.4 Å². The largest absolute Gasteiger partial charge is 0.244 e. The molecule has 1 aromatic rings. The second-order valence-electron chi connectivity index (χ2n) is 4.62. The molecule has 1 saturated heterocycles. The van der Waals surface area contributed by atoms with E-state index in [9.17, 15) is 8.42 Å². The fraction of sp³-hybridized carbons (Fsp3) is 0.636. The third-order valence-corrected chi connectivity index (χ3v) is 7.55. The summed E-state index contributed by atoms with van der Waals surface area (Å²) in [6.45, 7) is 4.84. The fourth-order valence-corrected chi connectivity index (χ4v) is 6.24. The Morgan fingerprint density at radius 3 is 2.72 bits per heavy atom. The zero-order valence-corrected chi connectivity index (χ0v) is 14.2. The fourth-order valence-electron chi connectivity index (χ4n) is 2.12. The van der Waals surface area contributed by atoms with Gasteiger partial charge in [0.25, 0.3) is 0 Å². The Bertz CT molecular complexity index is 543. The van der Waals surface area contributed by atoms with Gasteiger partial charge in [-0.2, -0.15) is 4.31 Å². The van der Waals surface area contributed by atoms with Gasteiger partial charge in [-0.1, -0.05) is 6.92 Å². The number of thiophene rings is 1. The predicted octanol–water partition coefficient (Wildman–Crippen LogP) is 3.46. The van der Waals surface area contributed by atoms with Crippen LogP contribution in [0.1, 0.15) is 18.2 Å². The van der Waals surface area contributed by atoms with Gasteiger partial charge in [-0.05, 0) is 41.3 Å². The second kappa shape index (κ2) is 5.40. The highest BCUT2D eigenvalue weighted by atomic mass is 79.9. The standard InChI is InChI=1S/C11H15BrClNO2S2/c1-7-6-14(4-3-9(7)13)18(15,16)10-5-11(12)17-8(10)2/h5,7,9H,3-4,6H2,1-2H3. The highest BCUT2D eigenvalue weighted by molar-refractivity contribution is 9.11. The number of hydrogen-bond donors (Lipinski definition) is 0. The molecule has 0 spiro atoms. The molecule has 0 bridgehead atoms. The first-order valence-corrected chi connectivity index (χ1v) is 9.21. The van der Waals surface area contributed by atoms with Gasteiger partial charge in [-0.3, -0.25) is 0 Å². The highest BCUT2D eigenvalue weighted by Crippen LogP contribution is 2.33. The van der Waals surface area contributed by atoms with Crippen molar-refractivity contribution in [2.75, 3.05) is 13.1 Å². The number of piperidine rings is 1. The van der Waals surface area contributed by atoms with Crippen LogP contribution in [-0.4, -0.2) is 31.2 Å². The molecule has 102 valence electrons. The number of halogens is 2. The van der Waals surface area contributed by atoms with Crippen LogP contribution in [0.4, 0.5) is 0 Å². The van der Waals surface area contributed by atoms with E-state index in [1.807, 2.05) is 13.8 Å². The summed E-state index contributed by atoms with van der Waals surface area (Å²) in [4.78, 5) is 1.24. The van der Waals surface area contributed by atoms with Crippen molar-refractivity contribution < 1.29 is 8.42 Å². The van der Waals surface area contributed by atoms with Crippen molar-refractivity contribution in [2.45, 2.75) is 30.5 Å². The molecule has 3 nitrogen and oxygen atoms in total. The van der Waals surface area contributed by atoms with E-state index in [0.717, 1.165) is 8.66 Å². The Morgan fingerprint density at radius 2 is 2.22 bits per heavy atom. The zero-order valence-electron chi connectivity index (χ0n) is 10.2. The van der Waals surface area contributed by atoms with Crippen LogP contribution in [0.2, 0.25) is 0 Å². The molecule has 1 aromatic heterocycles. The summed E-state index contributed by atoms with van der Waals surface area (Å²) in [6.07, 6.45) is 0.715. The van der Waals surface area contributed by atoms with Crippen LogP contribution in [0.15, 0.2) is 14.7 Å². The third kappa shape index (κ3) is 2.77. The van der Waals surface area contributed by atoms with Gasteiger partial charge in [0.1, 0.15) is 0 Å². The van der Waals surface area contributed by atoms with Crippen molar-refractivity contribution in [2.24, 2.45) is 5.92 Å². The van der Waals surface area contributed by atoms with Gasteiger partial charge in [0.2, 0.25) is 10.0 Å². The molecule has 0 saturated carbocycles. The van der Waals surface area contributed by atoms with Gasteiger partial charge in [0, 0.05) is 23.3 Å². The maximum atomic E-state index is 12.5. The molecule has 18 heavy (non-hydrogen) atoms. The molecular formula is C11H15BrClNO2S2. The number of nitrogens with zero attached hydrogens (tertiary/aromatic N) is 1. The van der Waals surface area contributed by atoms with Gasteiger partial charge < -0.3 is 0 Å². The molecule has 0 aromatic carbocycles. The molecule has 1 aliphatic rings. The molecule has 0 radical (unpaired) electrons. The van der Waals surface area contributed by atoms with E-state index >= 15 is 0 Å². The van der Waals surface area contributed by atoms with E-state index < -0.39 is 10.0 Å². The summed E-state index contributed by atoms with van der Waals surface area (Å²) in [5.74, 6) is 0.192. The summed E-state index contributed by atoms with van der Waals surface area (Å²) in [6, 6.07) is 1.69. The third-order valence-electron chi connectivity index (χ3n) is 3.22. The second-order valence-corrected chi connectivity index (χ2v) is 9.72. The van der Waals surface area contributed by atoms with Crippen LogP contribution in [-0.2, 0) is 10.0 Å². The molecule has 1 aliphatic heterocycles. The monoisotopic (exact) mass is 371 g/mol. The molecule has 1 fully saturated rings. The van der Waals surface area contributed by atoms with Gasteiger partial charge >= 0.3 is 0 Å². The Labute approximate surface area is 125 Å². The van der Waals surface area contributed by atoms with Crippen LogP contribution in [0, 0.1) is 12.8 Å². The van der Waals surface area contributed by atoms with Crippen LogP contribution in [0.3, 0.4) is 0 Å². The van der Waals surface area contributed by atoms with Crippen molar-refractivity contribution >= 4 is 48.9 Å². The van der Waals surface area contributed by atoms with E-state index in [0.29, 0.717) is 24.4 Å². The maximum Gasteiger partial charge on any atom is 0.244 e. The van der Waals surface area contributed by atoms with Crippen LogP contribution >= 0.6 is 38.9 Å². The summed E-state index contributed by atoms with van der Waals surface area (Å²) in [5, 5.41) is 0.0757. The van der Waals surface area contributed by atoms with E-state index in [4.69, 9.17) is 11.6 Å². The number of aryl methyl sites for hydroxylation is 1. The normalized spacial score (nSPS) is 26.4. The summed E-state index contributed by atoms with van der Waals surface area (Å²) >= 11 is 10.9. The first-order valence-electron chi connectivity index (χ1n) is 5.72. The van der Waals surface area contributed by atoms with Gasteiger partial charge in [-0.15, -0.1) is 22.9 Å². The lowest BCUT2D eigenvalue weighted by Gasteiger charge is -2.33. The Balaban J connectivity index is 2.29. The number of rotatable bonds is 2. The minimum Gasteiger partial charge on any atom is -0.207 e. The summed E-state index contributed by atoms with van der Waals surface area (Å²) in [5.41, 5.74) is 0. The van der Waals surface area contributed by atoms with E-state index in [1.165, 1.54) is 11.3 Å². The smallest absolute Gasteiger partial charge is 0.207 e. The van der Waals surface area contributed by atoms with E-state index in [2.05, 4.69) is 15.9 Å². The number of sulfonamides is 1. The molecule has 2 unspecified atom stereocenters. The lowest BCUT2D eigenvalue weighted by atomic mass is 10.0. The lowest BCUT2D eigenvalue weighted by molar-refractivity contribution is 0.286. The Morgan fingerprint density at radius 1 is 1.56 bits per heavy atom. The number of hydrogen-bond acceptors (Lipinski definition) is 3. The van der Waals surface area contributed by atoms with Gasteiger partial charge in [0.15, 0.2) is 0 Å². The maximum absolute atomic E-state index is 12.5. The van der Waals surface area contributed by atoms with E-state index in [1.54, 1.807) is 10.4 Å². The molecular weight excluding hydrogens is 358 g/mol. The van der Waals surface area contributed by atoms with Gasteiger partial charge in [-0.25, -0.2) is 8.42 Å². The molecule has 7 heteroatoms. The average Bonchev–Trinajstić information content (AvgIpc) is 2.62. The Kier molecular flexibility index (Phi) is 4.44. The summed E-state index contributed by atoms with van der Waals surface area (Å²) < 4.78 is 27.5. The average molecular weight is 373 g/mol. The molecule has 0 N–H and O–H groups in total. The van der Waals surface area contributed by atoms with Crippen molar-refractivity contribution in [3.63, 3.8) is 0 Å². The van der Waals surface area contributed by atoms with Gasteiger partial charge in [0.05, 0.1) is 8.68 Å². The van der Waals surface area contributed by atoms with Crippen molar-refractivity contribution in [3.8, 4) is 0 Å². The number of alkyl halides is 1. The van der Waals surface area contributed by atoms with Crippen LogP contribution in [0.25, 0.3) is 0 Å². The van der Waals surface area contributed by atoms with Crippen LogP contribution < -0.4 is 0 Å². The lowest BCUT2D eigenvalue weighted by Crippen LogP contribution is -2.43. The molecule has 0 aliphatic carbocycles. The minimum atomic E-state index is -3.37. The Hall–Kier alpha value is 0.380. The van der Waals surface area contributed by atoms with Crippen molar-refractivity contribution in [3.05, 3.63) is 14.7 Å². The minimum absolute atomic E-state index is 0.0757. The molecule has 2 rings (SSSR count). The first-order chi connectivity index (χ1) is 8.32. The summed E-state index contributed by atoms with van der Waals surface area (Å²) in [7, 11) is -3.37. The molecule has 2 atom stereocenters. The van der Waals surface area contributed by atoms with Crippen LogP contribution in [0.5, 0.6) is 0 Å². The highest BCUT2D eigenvalue weighted by Gasteiger charge is 2.34. The first kappa shape index (κ1) is 14.8. The SMILES string of the molecule is Cc1sc(Br)cc1S(=O)(=O)N1CCC(Cl)C(C)C1. The van der Waals surface area contributed by atoms with Crippen molar-refractivity contribution in [1.29, 1.82) is 0 Å². The quantitative estimate of drug-likeness (QED) is 0.746. The zero-order chi connectivity index (χ0) is 13.5.